The zero-order valence-electron chi connectivity index (χ0n) is 13.9. The average molecular weight is 343 g/mol. The zero-order valence-corrected chi connectivity index (χ0v) is 14.6. The van der Waals surface area contributed by atoms with Crippen LogP contribution in [0.5, 0.6) is 0 Å². The fourth-order valence-corrected chi connectivity index (χ4v) is 7.01. The molecule has 0 saturated heterocycles. The molecule has 4 aliphatic carbocycles. The maximum Gasteiger partial charge on any atom is 0.253 e. The average Bonchev–Trinajstić information content (AvgIpc) is 2.72. The van der Waals surface area contributed by atoms with E-state index < -0.39 is 11.3 Å². The number of allylic oxidation sites excluding steroid dienone is 1. The first-order valence-corrected chi connectivity index (χ1v) is 9.39. The van der Waals surface area contributed by atoms with E-state index in [4.69, 9.17) is 11.6 Å². The van der Waals surface area contributed by atoms with Crippen LogP contribution in [0.1, 0.15) is 58.8 Å². The molecule has 3 saturated carbocycles. The number of ketones is 1. The van der Waals surface area contributed by atoms with Gasteiger partial charge in [0.15, 0.2) is 5.78 Å². The molecule has 4 aliphatic rings. The topological polar surface area (TPSA) is 17.1 Å². The van der Waals surface area contributed by atoms with E-state index in [2.05, 4.69) is 6.92 Å². The molecule has 0 radical (unpaired) electrons. The monoisotopic (exact) mass is 342 g/mol. The maximum atomic E-state index is 14.5. The molecule has 0 aliphatic heterocycles. The Labute approximate surface area is 141 Å². The summed E-state index contributed by atoms with van der Waals surface area (Å²) in [6.07, 6.45) is 6.05. The number of rotatable bonds is 0. The first kappa shape index (κ1) is 16.1. The summed E-state index contributed by atoms with van der Waals surface area (Å²) in [6.45, 7) is 4.04. The van der Waals surface area contributed by atoms with E-state index in [1.807, 2.05) is 6.92 Å². The lowest BCUT2D eigenvalue weighted by atomic mass is 9.47. The molecule has 4 heteroatoms. The lowest BCUT2D eigenvalue weighted by Crippen LogP contribution is -2.54. The van der Waals surface area contributed by atoms with Crippen molar-refractivity contribution in [3.63, 3.8) is 0 Å². The maximum absolute atomic E-state index is 14.5. The van der Waals surface area contributed by atoms with Crippen molar-refractivity contribution in [1.29, 1.82) is 0 Å². The van der Waals surface area contributed by atoms with Crippen molar-refractivity contribution >= 4 is 17.4 Å². The Morgan fingerprint density at radius 1 is 1.13 bits per heavy atom. The predicted molar refractivity (Wildman–Crippen MR) is 86.7 cm³/mol. The largest absolute Gasteiger partial charge is 0.295 e. The fraction of sp³-hybridized carbons (Fsp3) is 0.842. The van der Waals surface area contributed by atoms with E-state index in [0.29, 0.717) is 25.2 Å². The number of alkyl halides is 3. The summed E-state index contributed by atoms with van der Waals surface area (Å²) in [6, 6.07) is 0. The molecule has 0 heterocycles. The second-order valence-electron chi connectivity index (χ2n) is 8.76. The van der Waals surface area contributed by atoms with Crippen LogP contribution >= 0.6 is 11.6 Å². The molecule has 23 heavy (non-hydrogen) atoms. The highest BCUT2D eigenvalue weighted by Crippen LogP contribution is 2.69. The van der Waals surface area contributed by atoms with Gasteiger partial charge in [-0.25, -0.2) is 8.78 Å². The number of fused-ring (bicyclic) bond motifs is 5. The van der Waals surface area contributed by atoms with Gasteiger partial charge in [-0.1, -0.05) is 13.8 Å². The fourth-order valence-electron chi connectivity index (χ4n) is 6.49. The van der Waals surface area contributed by atoms with E-state index in [-0.39, 0.29) is 34.8 Å². The van der Waals surface area contributed by atoms with Gasteiger partial charge in [0.2, 0.25) is 0 Å². The summed E-state index contributed by atoms with van der Waals surface area (Å²) in [5, 5.41) is -0.165. The van der Waals surface area contributed by atoms with Gasteiger partial charge >= 0.3 is 0 Å². The van der Waals surface area contributed by atoms with Gasteiger partial charge in [-0.2, -0.15) is 0 Å². The summed E-state index contributed by atoms with van der Waals surface area (Å²) < 4.78 is 29.0. The van der Waals surface area contributed by atoms with E-state index >= 15 is 0 Å². The molecular weight excluding hydrogens is 318 g/mol. The minimum absolute atomic E-state index is 0.0300. The Bertz CT molecular complexity index is 586. The van der Waals surface area contributed by atoms with Crippen molar-refractivity contribution in [2.45, 2.75) is 70.1 Å². The first-order chi connectivity index (χ1) is 10.7. The summed E-state index contributed by atoms with van der Waals surface area (Å²) in [7, 11) is 0. The quantitative estimate of drug-likeness (QED) is 0.541. The van der Waals surface area contributed by atoms with Gasteiger partial charge in [0, 0.05) is 18.3 Å². The van der Waals surface area contributed by atoms with Crippen LogP contribution in [0.4, 0.5) is 8.78 Å². The Hall–Kier alpha value is -0.440. The lowest BCUT2D eigenvalue weighted by Gasteiger charge is -2.58. The number of carbonyl (C=O) groups is 1. The van der Waals surface area contributed by atoms with Crippen LogP contribution < -0.4 is 0 Å². The SMILES string of the molecule is C[C@]12CCC(=O)C=C1[C@@H](Cl)C[C@@H]1[C@@H]2CC[C@@]2(C)[C@H]1CCC2(F)F. The van der Waals surface area contributed by atoms with Gasteiger partial charge in [0.1, 0.15) is 0 Å². The molecule has 0 aromatic heterocycles. The zero-order chi connectivity index (χ0) is 16.6. The second kappa shape index (κ2) is 4.80. The van der Waals surface area contributed by atoms with Gasteiger partial charge in [-0.15, -0.1) is 11.6 Å². The van der Waals surface area contributed by atoms with Crippen LogP contribution in [0.15, 0.2) is 11.6 Å². The van der Waals surface area contributed by atoms with Crippen LogP contribution in [0.25, 0.3) is 0 Å². The Balaban J connectivity index is 1.74. The van der Waals surface area contributed by atoms with Crippen molar-refractivity contribution in [2.75, 3.05) is 0 Å². The highest BCUT2D eigenvalue weighted by molar-refractivity contribution is 6.23. The molecule has 0 bridgehead atoms. The molecule has 6 atom stereocenters. The van der Waals surface area contributed by atoms with Gasteiger partial charge < -0.3 is 0 Å². The van der Waals surface area contributed by atoms with Gasteiger partial charge in [-0.05, 0) is 66.9 Å². The van der Waals surface area contributed by atoms with Crippen molar-refractivity contribution in [1.82, 2.24) is 0 Å². The Kier molecular flexibility index (Phi) is 3.35. The Morgan fingerprint density at radius 3 is 2.57 bits per heavy atom. The Morgan fingerprint density at radius 2 is 1.83 bits per heavy atom. The smallest absolute Gasteiger partial charge is 0.253 e. The third-order valence-corrected chi connectivity index (χ3v) is 8.35. The van der Waals surface area contributed by atoms with Crippen molar-refractivity contribution in [3.05, 3.63) is 11.6 Å². The molecule has 3 fully saturated rings. The van der Waals surface area contributed by atoms with E-state index in [9.17, 15) is 13.6 Å². The number of hydrogen-bond donors (Lipinski definition) is 0. The van der Waals surface area contributed by atoms with Crippen LogP contribution in [0.3, 0.4) is 0 Å². The van der Waals surface area contributed by atoms with Gasteiger partial charge in [0.05, 0.1) is 5.38 Å². The molecule has 0 spiro atoms. The van der Waals surface area contributed by atoms with Crippen molar-refractivity contribution in [2.24, 2.45) is 28.6 Å². The highest BCUT2D eigenvalue weighted by atomic mass is 35.5. The normalized spacial score (nSPS) is 51.5. The van der Waals surface area contributed by atoms with E-state index in [1.165, 1.54) is 0 Å². The molecule has 0 amide bonds. The summed E-state index contributed by atoms with van der Waals surface area (Å²) >= 11 is 6.66. The first-order valence-electron chi connectivity index (χ1n) is 8.96. The van der Waals surface area contributed by atoms with Crippen LogP contribution in [-0.2, 0) is 4.79 Å². The molecule has 4 rings (SSSR count). The summed E-state index contributed by atoms with van der Waals surface area (Å²) in [5.74, 6) is -1.60. The summed E-state index contributed by atoms with van der Waals surface area (Å²) in [5.41, 5.74) is 0.167. The van der Waals surface area contributed by atoms with Gasteiger partial charge in [0.25, 0.3) is 5.92 Å². The number of halogens is 3. The van der Waals surface area contributed by atoms with Crippen LogP contribution in [-0.4, -0.2) is 17.1 Å². The van der Waals surface area contributed by atoms with E-state index in [0.717, 1.165) is 24.8 Å². The predicted octanol–water partition coefficient (Wildman–Crippen LogP) is 5.37. The third kappa shape index (κ3) is 1.98. The highest BCUT2D eigenvalue weighted by Gasteiger charge is 2.66. The molecule has 0 N–H and O–H groups in total. The standard InChI is InChI=1S/C19H25ClF2O/c1-17-6-3-11(23)9-15(17)16(20)10-12-13(17)4-7-18(2)14(12)5-8-19(18,21)22/h9,12-14,16H,3-8,10H2,1-2H3/t12-,13+,14+,16+,17-,18+/m1/s1. The van der Waals surface area contributed by atoms with Crippen molar-refractivity contribution < 1.29 is 13.6 Å². The number of hydrogen-bond acceptors (Lipinski definition) is 1. The number of carbonyl (C=O) groups excluding carboxylic acids is 1. The molecule has 128 valence electrons. The minimum Gasteiger partial charge on any atom is -0.295 e. The van der Waals surface area contributed by atoms with Crippen LogP contribution in [0.2, 0.25) is 0 Å². The molecule has 1 nitrogen and oxygen atoms in total. The lowest BCUT2D eigenvalue weighted by molar-refractivity contribution is -0.151. The third-order valence-electron chi connectivity index (χ3n) is 7.93. The molecule has 0 unspecified atom stereocenters. The van der Waals surface area contributed by atoms with Crippen molar-refractivity contribution in [3.8, 4) is 0 Å². The minimum atomic E-state index is -2.54. The second-order valence-corrected chi connectivity index (χ2v) is 9.29. The van der Waals surface area contributed by atoms with Gasteiger partial charge in [-0.3, -0.25) is 4.79 Å². The molecular formula is C19H25ClF2O. The van der Waals surface area contributed by atoms with Crippen LogP contribution in [0, 0.1) is 28.6 Å². The molecule has 0 aromatic carbocycles. The molecule has 0 aromatic rings. The summed E-state index contributed by atoms with van der Waals surface area (Å²) in [4.78, 5) is 11.9. The van der Waals surface area contributed by atoms with E-state index in [1.54, 1.807) is 6.08 Å².